The van der Waals surface area contributed by atoms with Crippen molar-refractivity contribution in [3.8, 4) is 0 Å². The fourth-order valence-electron chi connectivity index (χ4n) is 1.33. The molecule has 0 saturated carbocycles. The molecule has 0 aromatic rings. The Bertz CT molecular complexity index is 378. The molecule has 0 spiro atoms. The minimum atomic E-state index is -3.78. The molecule has 0 aliphatic carbocycles. The van der Waals surface area contributed by atoms with E-state index >= 15 is 0 Å². The maximum atomic E-state index is 10.4. The third-order valence-electron chi connectivity index (χ3n) is 2.03. The van der Waals surface area contributed by atoms with Crippen molar-refractivity contribution in [3.05, 3.63) is 22.5 Å². The van der Waals surface area contributed by atoms with Crippen molar-refractivity contribution >= 4 is 10.1 Å². The minimum absolute atomic E-state index is 0.138. The zero-order valence-corrected chi connectivity index (χ0v) is 10.8. The van der Waals surface area contributed by atoms with Crippen LogP contribution in [0.25, 0.3) is 0 Å². The Hall–Kier alpha value is -1.55. The number of hydrogen-bond acceptors (Lipinski definition) is 6. The molecule has 1 aliphatic heterocycles. The first kappa shape index (κ1) is 16.4. The molecule has 0 aromatic heterocycles. The molecule has 0 radical (unpaired) electrons. The van der Waals surface area contributed by atoms with Gasteiger partial charge >= 0.3 is 0 Å². The van der Waals surface area contributed by atoms with Gasteiger partial charge in [-0.2, -0.15) is 8.42 Å². The molecule has 0 aromatic carbocycles. The molecule has 0 fully saturated rings. The van der Waals surface area contributed by atoms with Gasteiger partial charge in [0.15, 0.2) is 0 Å². The van der Waals surface area contributed by atoms with Gasteiger partial charge in [0.25, 0.3) is 15.2 Å². The third-order valence-corrected chi connectivity index (χ3v) is 2.84. The number of rotatable bonds is 5. The Balaban J connectivity index is 0.000000631. The lowest BCUT2D eigenvalue weighted by molar-refractivity contribution is -0.742. The molecule has 10 heteroatoms. The Morgan fingerprint density at radius 2 is 1.94 bits per heavy atom. The molecule has 2 N–H and O–H groups in total. The van der Waals surface area contributed by atoms with Crippen LogP contribution in [0.3, 0.4) is 0 Å². The second-order valence-electron chi connectivity index (χ2n) is 3.74. The predicted octanol–water partition coefficient (Wildman–Crippen LogP) is -0.0172. The molecule has 0 amide bonds. The van der Waals surface area contributed by atoms with Crippen LogP contribution in [-0.4, -0.2) is 59.1 Å². The van der Waals surface area contributed by atoms with E-state index in [1.54, 1.807) is 0 Å². The van der Waals surface area contributed by atoms with Crippen LogP contribution in [0.5, 0.6) is 0 Å². The summed E-state index contributed by atoms with van der Waals surface area (Å²) in [6.07, 6.45) is 5.24. The highest BCUT2D eigenvalue weighted by Gasteiger charge is 2.08. The SMILES string of the molecule is CN1C=CN(CCCCS(=O)(=O)O)C1.O=[N+]([O-])O. The van der Waals surface area contributed by atoms with Crippen LogP contribution in [0.2, 0.25) is 0 Å². The summed E-state index contributed by atoms with van der Waals surface area (Å²) in [7, 11) is -1.80. The first-order valence-corrected chi connectivity index (χ1v) is 6.72. The van der Waals surface area contributed by atoms with Crippen molar-refractivity contribution < 1.29 is 23.3 Å². The Morgan fingerprint density at radius 1 is 1.39 bits per heavy atom. The van der Waals surface area contributed by atoms with E-state index in [2.05, 4.69) is 4.90 Å². The van der Waals surface area contributed by atoms with E-state index in [1.165, 1.54) is 0 Å². The van der Waals surface area contributed by atoms with E-state index in [1.807, 2.05) is 24.3 Å². The highest BCUT2D eigenvalue weighted by Crippen LogP contribution is 2.05. The summed E-state index contributed by atoms with van der Waals surface area (Å²) in [4.78, 5) is 12.5. The maximum absolute atomic E-state index is 10.4. The van der Waals surface area contributed by atoms with Crippen LogP contribution in [-0.2, 0) is 10.1 Å². The van der Waals surface area contributed by atoms with E-state index in [9.17, 15) is 8.42 Å². The Kier molecular flexibility index (Phi) is 7.05. The second kappa shape index (κ2) is 7.71. The zero-order valence-electron chi connectivity index (χ0n) is 9.97. The van der Waals surface area contributed by atoms with Crippen molar-refractivity contribution in [3.63, 3.8) is 0 Å². The van der Waals surface area contributed by atoms with E-state index in [0.29, 0.717) is 6.42 Å². The van der Waals surface area contributed by atoms with Gasteiger partial charge in [0.2, 0.25) is 0 Å². The van der Waals surface area contributed by atoms with Crippen LogP contribution in [0, 0.1) is 10.1 Å². The lowest BCUT2D eigenvalue weighted by Crippen LogP contribution is -2.23. The van der Waals surface area contributed by atoms with Crippen LogP contribution >= 0.6 is 0 Å². The summed E-state index contributed by atoms with van der Waals surface area (Å²) >= 11 is 0. The molecule has 1 rings (SSSR count). The molecule has 1 aliphatic rings. The summed E-state index contributed by atoms with van der Waals surface area (Å²) in [5, 5.41) is 13.6. The third kappa shape index (κ3) is 11.0. The van der Waals surface area contributed by atoms with Crippen LogP contribution in [0.4, 0.5) is 0 Å². The number of unbranched alkanes of at least 4 members (excludes halogenated alkanes) is 1. The van der Waals surface area contributed by atoms with E-state index in [0.717, 1.165) is 19.6 Å². The molecule has 1 heterocycles. The van der Waals surface area contributed by atoms with Gasteiger partial charge in [0.05, 0.1) is 12.4 Å². The van der Waals surface area contributed by atoms with Crippen molar-refractivity contribution in [1.82, 2.24) is 9.80 Å². The number of nitrogens with zero attached hydrogens (tertiary/aromatic N) is 3. The molecule has 0 unspecified atom stereocenters. The minimum Gasteiger partial charge on any atom is -0.362 e. The average molecular weight is 283 g/mol. The maximum Gasteiger partial charge on any atom is 0.291 e. The summed E-state index contributed by atoms with van der Waals surface area (Å²) < 4.78 is 29.3. The molecule has 0 saturated heterocycles. The normalized spacial score (nSPS) is 14.3. The average Bonchev–Trinajstić information content (AvgIpc) is 2.57. The topological polar surface area (TPSA) is 124 Å². The van der Waals surface area contributed by atoms with Gasteiger partial charge in [0.1, 0.15) is 0 Å². The molecule has 18 heavy (non-hydrogen) atoms. The van der Waals surface area contributed by atoms with Crippen molar-refractivity contribution in [1.29, 1.82) is 0 Å². The largest absolute Gasteiger partial charge is 0.362 e. The lowest BCUT2D eigenvalue weighted by atomic mass is 10.3. The highest BCUT2D eigenvalue weighted by molar-refractivity contribution is 7.85. The summed E-state index contributed by atoms with van der Waals surface area (Å²) in [6.45, 7) is 1.68. The van der Waals surface area contributed by atoms with E-state index < -0.39 is 15.2 Å². The van der Waals surface area contributed by atoms with Gasteiger partial charge in [-0.05, 0) is 12.8 Å². The molecular formula is C8H17N3O6S. The first-order chi connectivity index (χ1) is 8.20. The van der Waals surface area contributed by atoms with Gasteiger partial charge in [-0.25, -0.2) is 0 Å². The van der Waals surface area contributed by atoms with Crippen LogP contribution in [0.15, 0.2) is 12.4 Å². The van der Waals surface area contributed by atoms with Gasteiger partial charge < -0.3 is 15.0 Å². The fraction of sp³-hybridized carbons (Fsp3) is 0.750. The molecular weight excluding hydrogens is 266 g/mol. The van der Waals surface area contributed by atoms with Crippen molar-refractivity contribution in [2.45, 2.75) is 12.8 Å². The van der Waals surface area contributed by atoms with Gasteiger partial charge in [0, 0.05) is 26.0 Å². The van der Waals surface area contributed by atoms with Crippen LogP contribution in [0.1, 0.15) is 12.8 Å². The summed E-state index contributed by atoms with van der Waals surface area (Å²) in [5.41, 5.74) is 0. The zero-order chi connectivity index (χ0) is 14.2. The van der Waals surface area contributed by atoms with Gasteiger partial charge in [-0.1, -0.05) is 0 Å². The molecule has 9 nitrogen and oxygen atoms in total. The van der Waals surface area contributed by atoms with E-state index in [4.69, 9.17) is 19.9 Å². The fourth-order valence-corrected chi connectivity index (χ4v) is 1.90. The van der Waals surface area contributed by atoms with Crippen molar-refractivity contribution in [2.24, 2.45) is 0 Å². The predicted molar refractivity (Wildman–Crippen MR) is 62.9 cm³/mol. The highest BCUT2D eigenvalue weighted by atomic mass is 32.2. The van der Waals surface area contributed by atoms with Crippen molar-refractivity contribution in [2.75, 3.05) is 26.0 Å². The van der Waals surface area contributed by atoms with Crippen LogP contribution < -0.4 is 0 Å². The Morgan fingerprint density at radius 3 is 2.33 bits per heavy atom. The second-order valence-corrected chi connectivity index (χ2v) is 5.31. The molecule has 0 bridgehead atoms. The smallest absolute Gasteiger partial charge is 0.291 e. The summed E-state index contributed by atoms with van der Waals surface area (Å²) in [5.74, 6) is -0.138. The summed E-state index contributed by atoms with van der Waals surface area (Å²) in [6, 6.07) is 0. The van der Waals surface area contributed by atoms with E-state index in [-0.39, 0.29) is 5.75 Å². The quantitative estimate of drug-likeness (QED) is 0.312. The molecule has 0 atom stereocenters. The monoisotopic (exact) mass is 283 g/mol. The Labute approximate surface area is 105 Å². The first-order valence-electron chi connectivity index (χ1n) is 5.12. The standard InChI is InChI=1S/C8H16N2O3S.HNO3/c1-9-5-6-10(8-9)4-2-3-7-14(11,12)13;2-1(3)4/h5-6H,2-4,7-8H2,1H3,(H,11,12,13);(H,2,3,4). The van der Waals surface area contributed by atoms with Gasteiger partial charge in [-0.15, -0.1) is 10.1 Å². The number of hydrogen-bond donors (Lipinski definition) is 2. The van der Waals surface area contributed by atoms with Gasteiger partial charge in [-0.3, -0.25) is 4.55 Å². The lowest BCUT2D eigenvalue weighted by Gasteiger charge is -2.17. The molecule has 106 valence electrons.